The smallest absolute Gasteiger partial charge is 0.325 e. The van der Waals surface area contributed by atoms with Crippen LogP contribution in [0.3, 0.4) is 0 Å². The molecule has 0 spiro atoms. The molecule has 0 amide bonds. The van der Waals surface area contributed by atoms with E-state index in [9.17, 15) is 14.1 Å². The van der Waals surface area contributed by atoms with E-state index in [4.69, 9.17) is 9.47 Å². The summed E-state index contributed by atoms with van der Waals surface area (Å²) in [5.41, 5.74) is 0.657. The van der Waals surface area contributed by atoms with E-state index >= 15 is 0 Å². The minimum atomic E-state index is -0.852. The number of nitrogens with one attached hydrogen (secondary N) is 1. The lowest BCUT2D eigenvalue weighted by molar-refractivity contribution is -0.149. The maximum atomic E-state index is 14.6. The quantitative estimate of drug-likeness (QED) is 0.520. The Morgan fingerprint density at radius 1 is 1.36 bits per heavy atom. The normalized spacial score (nSPS) is 11.4. The highest BCUT2D eigenvalue weighted by atomic mass is 19.1. The topological polar surface area (TPSA) is 94.8 Å². The molecule has 2 rings (SSSR count). The number of carbonyl (C=O) groups is 1. The fourth-order valence-corrected chi connectivity index (χ4v) is 2.85. The molecule has 28 heavy (non-hydrogen) atoms. The molecular weight excluding hydrogens is 367 g/mol. The van der Waals surface area contributed by atoms with Crippen molar-refractivity contribution in [1.29, 1.82) is 0 Å². The predicted octanol–water partition coefficient (Wildman–Crippen LogP) is 3.11. The van der Waals surface area contributed by atoms with Crippen LogP contribution in [0.5, 0.6) is 5.75 Å². The zero-order chi connectivity index (χ0) is 20.9. The summed E-state index contributed by atoms with van der Waals surface area (Å²) in [5, 5.41) is 10.3. The Morgan fingerprint density at radius 2 is 2.07 bits per heavy atom. The van der Waals surface area contributed by atoms with Gasteiger partial charge in [-0.15, -0.1) is 4.91 Å². The third-order valence-corrected chi connectivity index (χ3v) is 4.43. The molecule has 8 nitrogen and oxygen atoms in total. The monoisotopic (exact) mass is 392 g/mol. The van der Waals surface area contributed by atoms with Crippen molar-refractivity contribution in [1.82, 2.24) is 15.1 Å². The van der Waals surface area contributed by atoms with Gasteiger partial charge in [-0.1, -0.05) is 0 Å². The SMILES string of the molecule is CCOC(=O)C(C)(C)NCCc1c(-c2cc(N=O)c(OC)cc2F)cnn1C. The predicted molar refractivity (Wildman–Crippen MR) is 103 cm³/mol. The van der Waals surface area contributed by atoms with Gasteiger partial charge in [0.15, 0.2) is 11.4 Å². The van der Waals surface area contributed by atoms with Crippen LogP contribution in [0, 0.1) is 10.7 Å². The van der Waals surface area contributed by atoms with Gasteiger partial charge in [0, 0.05) is 42.9 Å². The molecule has 0 atom stereocenters. The zero-order valence-corrected chi connectivity index (χ0v) is 16.7. The van der Waals surface area contributed by atoms with Crippen LogP contribution >= 0.6 is 0 Å². The second-order valence-electron chi connectivity index (χ2n) is 6.75. The van der Waals surface area contributed by atoms with E-state index in [0.717, 1.165) is 11.8 Å². The van der Waals surface area contributed by atoms with Gasteiger partial charge < -0.3 is 14.8 Å². The van der Waals surface area contributed by atoms with Crippen molar-refractivity contribution >= 4 is 11.7 Å². The van der Waals surface area contributed by atoms with E-state index in [1.807, 2.05) is 0 Å². The fraction of sp³-hybridized carbons (Fsp3) is 0.474. The molecule has 152 valence electrons. The number of aromatic nitrogens is 2. The minimum absolute atomic E-state index is 0.00951. The maximum Gasteiger partial charge on any atom is 0.325 e. The summed E-state index contributed by atoms with van der Waals surface area (Å²) >= 11 is 0. The van der Waals surface area contributed by atoms with Gasteiger partial charge in [0.25, 0.3) is 0 Å². The van der Waals surface area contributed by atoms with Gasteiger partial charge in [-0.25, -0.2) is 4.39 Å². The Morgan fingerprint density at radius 3 is 2.68 bits per heavy atom. The summed E-state index contributed by atoms with van der Waals surface area (Å²) < 4.78 is 26.3. The number of benzene rings is 1. The lowest BCUT2D eigenvalue weighted by atomic mass is 10.0. The summed E-state index contributed by atoms with van der Waals surface area (Å²) in [5.74, 6) is -0.819. The number of methoxy groups -OCH3 is 1. The summed E-state index contributed by atoms with van der Waals surface area (Å²) in [6.07, 6.45) is 2.01. The number of carbonyl (C=O) groups excluding carboxylic acids is 1. The number of ether oxygens (including phenoxy) is 2. The molecule has 0 aliphatic heterocycles. The molecule has 0 radical (unpaired) electrons. The van der Waals surface area contributed by atoms with E-state index in [1.165, 1.54) is 19.4 Å². The Kier molecular flexibility index (Phi) is 6.85. The summed E-state index contributed by atoms with van der Waals surface area (Å²) in [6.45, 7) is 5.97. The Balaban J connectivity index is 2.25. The van der Waals surface area contributed by atoms with Crippen LogP contribution in [0.25, 0.3) is 11.1 Å². The molecule has 0 saturated heterocycles. The highest BCUT2D eigenvalue weighted by Crippen LogP contribution is 2.36. The average molecular weight is 392 g/mol. The van der Waals surface area contributed by atoms with Crippen molar-refractivity contribution < 1.29 is 18.7 Å². The van der Waals surface area contributed by atoms with Crippen molar-refractivity contribution in [2.24, 2.45) is 12.2 Å². The van der Waals surface area contributed by atoms with Gasteiger partial charge >= 0.3 is 5.97 Å². The minimum Gasteiger partial charge on any atom is -0.494 e. The number of halogens is 1. The van der Waals surface area contributed by atoms with Gasteiger partial charge in [-0.05, 0) is 32.0 Å². The highest BCUT2D eigenvalue weighted by molar-refractivity contribution is 5.79. The molecule has 2 aromatic rings. The highest BCUT2D eigenvalue weighted by Gasteiger charge is 2.28. The first-order chi connectivity index (χ1) is 13.2. The number of esters is 1. The second-order valence-corrected chi connectivity index (χ2v) is 6.75. The van der Waals surface area contributed by atoms with Gasteiger partial charge in [-0.2, -0.15) is 5.10 Å². The molecule has 9 heteroatoms. The van der Waals surface area contributed by atoms with Gasteiger partial charge in [0.05, 0.1) is 19.9 Å². The van der Waals surface area contributed by atoms with Gasteiger partial charge in [-0.3, -0.25) is 9.48 Å². The number of rotatable bonds is 9. The number of nitroso groups, excluding NO2 is 1. The molecule has 0 unspecified atom stereocenters. The van der Waals surface area contributed by atoms with Gasteiger partial charge in [0.2, 0.25) is 0 Å². The number of nitrogens with zero attached hydrogens (tertiary/aromatic N) is 3. The molecule has 0 fully saturated rings. The lowest BCUT2D eigenvalue weighted by Crippen LogP contribution is -2.48. The first kappa shape index (κ1) is 21.5. The molecule has 0 bridgehead atoms. The Hall–Kier alpha value is -2.81. The van der Waals surface area contributed by atoms with Crippen LogP contribution in [0.2, 0.25) is 0 Å². The van der Waals surface area contributed by atoms with Crippen molar-refractivity contribution in [2.45, 2.75) is 32.7 Å². The van der Waals surface area contributed by atoms with Crippen molar-refractivity contribution in [3.63, 3.8) is 0 Å². The third kappa shape index (κ3) is 4.53. The second kappa shape index (κ2) is 8.92. The maximum absolute atomic E-state index is 14.6. The third-order valence-electron chi connectivity index (χ3n) is 4.43. The van der Waals surface area contributed by atoms with E-state index in [-0.39, 0.29) is 23.0 Å². The Bertz CT molecular complexity index is 864. The first-order valence-electron chi connectivity index (χ1n) is 8.89. The molecule has 0 aliphatic rings. The average Bonchev–Trinajstić information content (AvgIpc) is 3.02. The molecule has 0 aliphatic carbocycles. The zero-order valence-electron chi connectivity index (χ0n) is 16.7. The molecule has 1 aromatic carbocycles. The van der Waals surface area contributed by atoms with Crippen LogP contribution in [-0.4, -0.2) is 41.6 Å². The van der Waals surface area contributed by atoms with E-state index in [2.05, 4.69) is 15.6 Å². The molecule has 0 saturated carbocycles. The van der Waals surface area contributed by atoms with Crippen LogP contribution in [0.1, 0.15) is 26.5 Å². The van der Waals surface area contributed by atoms with Crippen molar-refractivity contribution in [2.75, 3.05) is 20.3 Å². The molecule has 1 aromatic heterocycles. The van der Waals surface area contributed by atoms with Gasteiger partial charge in [0.1, 0.15) is 11.4 Å². The molecule has 1 N–H and O–H groups in total. The lowest BCUT2D eigenvalue weighted by Gasteiger charge is -2.24. The van der Waals surface area contributed by atoms with E-state index < -0.39 is 11.4 Å². The van der Waals surface area contributed by atoms with Crippen LogP contribution < -0.4 is 10.1 Å². The number of hydrogen-bond acceptors (Lipinski definition) is 7. The molecular formula is C19H25FN4O4. The largest absolute Gasteiger partial charge is 0.494 e. The van der Waals surface area contributed by atoms with Crippen LogP contribution in [-0.2, 0) is 23.0 Å². The van der Waals surface area contributed by atoms with E-state index in [1.54, 1.807) is 32.5 Å². The van der Waals surface area contributed by atoms with Crippen molar-refractivity contribution in [3.05, 3.63) is 34.7 Å². The fourth-order valence-electron chi connectivity index (χ4n) is 2.85. The molecule has 1 heterocycles. The van der Waals surface area contributed by atoms with Crippen LogP contribution in [0.4, 0.5) is 10.1 Å². The standard InChI is InChI=1S/C19H25FN4O4/c1-6-28-18(25)19(2,3)21-8-7-16-13(11-22-24(16)4)12-9-15(23-26)17(27-5)10-14(12)20/h9-11,21H,6-8H2,1-5H3. The summed E-state index contributed by atoms with van der Waals surface area (Å²) in [7, 11) is 3.09. The number of hydrogen-bond donors (Lipinski definition) is 1. The first-order valence-corrected chi connectivity index (χ1v) is 8.89. The number of aryl methyl sites for hydroxylation is 1. The Labute approximate surface area is 163 Å². The summed E-state index contributed by atoms with van der Waals surface area (Å²) in [4.78, 5) is 23.0. The van der Waals surface area contributed by atoms with Crippen LogP contribution in [0.15, 0.2) is 23.5 Å². The summed E-state index contributed by atoms with van der Waals surface area (Å²) in [6, 6.07) is 2.47. The van der Waals surface area contributed by atoms with E-state index in [0.29, 0.717) is 25.1 Å². The van der Waals surface area contributed by atoms with Crippen molar-refractivity contribution in [3.8, 4) is 16.9 Å².